The maximum absolute atomic E-state index is 4.51. The first-order valence-electron chi connectivity index (χ1n) is 7.07. The number of hydrogen-bond donors (Lipinski definition) is 1. The minimum absolute atomic E-state index is 0.811. The number of hydrazone groups is 1. The number of para-hydroxylation sites is 1. The van der Waals surface area contributed by atoms with Crippen LogP contribution in [-0.2, 0) is 0 Å². The molecule has 0 saturated carbocycles. The lowest BCUT2D eigenvalue weighted by Crippen LogP contribution is -2.08. The van der Waals surface area contributed by atoms with Gasteiger partial charge in [0.2, 0.25) is 5.13 Å². The van der Waals surface area contributed by atoms with Gasteiger partial charge in [-0.1, -0.05) is 35.6 Å². The van der Waals surface area contributed by atoms with Gasteiger partial charge in [0.05, 0.1) is 15.9 Å². The molecule has 0 bridgehead atoms. The van der Waals surface area contributed by atoms with Crippen LogP contribution in [0.5, 0.6) is 0 Å². The fourth-order valence-electron chi connectivity index (χ4n) is 2.12. The second-order valence-corrected chi connectivity index (χ2v) is 6.27. The average molecular weight is 310 g/mol. The molecule has 2 aromatic carbocycles. The van der Waals surface area contributed by atoms with Gasteiger partial charge in [0.1, 0.15) is 0 Å². The van der Waals surface area contributed by atoms with Gasteiger partial charge in [-0.25, -0.2) is 4.98 Å². The fourth-order valence-corrected chi connectivity index (χ4v) is 2.93. The molecule has 0 amide bonds. The van der Waals surface area contributed by atoms with Gasteiger partial charge in [-0.3, -0.25) is 5.43 Å². The van der Waals surface area contributed by atoms with Crippen molar-refractivity contribution in [3.8, 4) is 0 Å². The number of hydrogen-bond acceptors (Lipinski definition) is 5. The van der Waals surface area contributed by atoms with Gasteiger partial charge in [0.15, 0.2) is 0 Å². The van der Waals surface area contributed by atoms with Crippen molar-refractivity contribution in [1.29, 1.82) is 0 Å². The summed E-state index contributed by atoms with van der Waals surface area (Å²) in [6.45, 7) is 1.99. The van der Waals surface area contributed by atoms with Crippen molar-refractivity contribution >= 4 is 38.1 Å². The predicted molar refractivity (Wildman–Crippen MR) is 96.2 cm³/mol. The van der Waals surface area contributed by atoms with Gasteiger partial charge >= 0.3 is 0 Å². The van der Waals surface area contributed by atoms with E-state index in [1.54, 1.807) is 11.3 Å². The van der Waals surface area contributed by atoms with E-state index in [1.807, 2.05) is 39.2 Å². The normalized spacial score (nSPS) is 11.7. The van der Waals surface area contributed by atoms with Crippen LogP contribution in [0.15, 0.2) is 53.6 Å². The van der Waals surface area contributed by atoms with Crippen LogP contribution in [0.4, 0.5) is 10.8 Å². The molecule has 1 heterocycles. The molecule has 0 aliphatic rings. The molecule has 0 atom stereocenters. The van der Waals surface area contributed by atoms with Crippen LogP contribution in [0.1, 0.15) is 12.5 Å². The molecular formula is C17H18N4S. The minimum atomic E-state index is 0.811. The third kappa shape index (κ3) is 3.09. The van der Waals surface area contributed by atoms with Crippen LogP contribution in [0.25, 0.3) is 10.2 Å². The van der Waals surface area contributed by atoms with Crippen molar-refractivity contribution in [2.75, 3.05) is 24.4 Å². The zero-order chi connectivity index (χ0) is 15.5. The Bertz CT molecular complexity index is 770. The molecule has 1 N–H and O–H groups in total. The highest BCUT2D eigenvalue weighted by Gasteiger charge is 2.03. The number of anilines is 2. The lowest BCUT2D eigenvalue weighted by Gasteiger charge is -2.12. The van der Waals surface area contributed by atoms with Crippen LogP contribution in [0, 0.1) is 0 Å². The number of rotatable bonds is 4. The predicted octanol–water partition coefficient (Wildman–Crippen LogP) is 4.20. The summed E-state index contributed by atoms with van der Waals surface area (Å²) in [6.07, 6.45) is 0. The topological polar surface area (TPSA) is 40.5 Å². The van der Waals surface area contributed by atoms with Crippen LogP contribution in [0.3, 0.4) is 0 Å². The van der Waals surface area contributed by atoms with Crippen LogP contribution in [-0.4, -0.2) is 24.8 Å². The Morgan fingerprint density at radius 2 is 1.82 bits per heavy atom. The summed E-state index contributed by atoms with van der Waals surface area (Å²) in [5.41, 5.74) is 7.26. The molecule has 0 aliphatic carbocycles. The fraction of sp³-hybridized carbons (Fsp3) is 0.176. The lowest BCUT2D eigenvalue weighted by molar-refractivity contribution is 1.13. The zero-order valence-corrected chi connectivity index (χ0v) is 13.7. The number of aromatic nitrogens is 1. The molecule has 1 aromatic heterocycles. The molecule has 5 heteroatoms. The van der Waals surface area contributed by atoms with Crippen molar-refractivity contribution < 1.29 is 0 Å². The van der Waals surface area contributed by atoms with Crippen LogP contribution >= 0.6 is 11.3 Å². The van der Waals surface area contributed by atoms with Crippen molar-refractivity contribution in [3.05, 3.63) is 54.1 Å². The largest absolute Gasteiger partial charge is 0.378 e. The Balaban J connectivity index is 1.76. The van der Waals surface area contributed by atoms with E-state index in [4.69, 9.17) is 0 Å². The minimum Gasteiger partial charge on any atom is -0.378 e. The van der Waals surface area contributed by atoms with Crippen LogP contribution in [0.2, 0.25) is 0 Å². The molecule has 0 radical (unpaired) electrons. The molecule has 3 rings (SSSR count). The summed E-state index contributed by atoms with van der Waals surface area (Å²) in [7, 11) is 4.06. The van der Waals surface area contributed by atoms with Gasteiger partial charge in [-0.2, -0.15) is 5.10 Å². The average Bonchev–Trinajstić information content (AvgIpc) is 2.95. The van der Waals surface area contributed by atoms with Gasteiger partial charge in [-0.15, -0.1) is 0 Å². The van der Waals surface area contributed by atoms with Crippen molar-refractivity contribution in [1.82, 2.24) is 4.98 Å². The Kier molecular flexibility index (Phi) is 4.06. The summed E-state index contributed by atoms with van der Waals surface area (Å²) in [5, 5.41) is 5.25. The standard InChI is InChI=1S/C17H18N4S/c1-12(13-8-10-14(11-9-13)21(2)3)19-20-17-18-15-6-4-5-7-16(15)22-17/h4-11H,1-3H3,(H,18,20)/b19-12-. The highest BCUT2D eigenvalue weighted by molar-refractivity contribution is 7.22. The monoisotopic (exact) mass is 310 g/mol. The second kappa shape index (κ2) is 6.15. The molecule has 0 fully saturated rings. The van der Waals surface area contributed by atoms with E-state index in [0.717, 1.165) is 26.6 Å². The van der Waals surface area contributed by atoms with E-state index in [-0.39, 0.29) is 0 Å². The summed E-state index contributed by atoms with van der Waals surface area (Å²) >= 11 is 1.60. The first-order valence-corrected chi connectivity index (χ1v) is 7.89. The van der Waals surface area contributed by atoms with E-state index in [0.29, 0.717) is 0 Å². The third-order valence-electron chi connectivity index (χ3n) is 3.41. The maximum atomic E-state index is 4.51. The first-order chi connectivity index (χ1) is 10.6. The van der Waals surface area contributed by atoms with E-state index in [2.05, 4.69) is 50.7 Å². The Morgan fingerprint density at radius 3 is 2.50 bits per heavy atom. The highest BCUT2D eigenvalue weighted by Crippen LogP contribution is 2.25. The maximum Gasteiger partial charge on any atom is 0.204 e. The van der Waals surface area contributed by atoms with Gasteiger partial charge in [0, 0.05) is 19.8 Å². The van der Waals surface area contributed by atoms with Gasteiger partial charge < -0.3 is 4.90 Å². The summed E-state index contributed by atoms with van der Waals surface area (Å²) in [4.78, 5) is 6.59. The Labute approximate surface area is 134 Å². The van der Waals surface area contributed by atoms with E-state index < -0.39 is 0 Å². The summed E-state index contributed by atoms with van der Waals surface area (Å²) in [5.74, 6) is 0. The number of benzene rings is 2. The van der Waals surface area contributed by atoms with E-state index >= 15 is 0 Å². The SMILES string of the molecule is C/C(=N/Nc1nc2ccccc2s1)c1ccc(N(C)C)cc1. The second-order valence-electron chi connectivity index (χ2n) is 5.24. The van der Waals surface area contributed by atoms with Gasteiger partial charge in [-0.05, 0) is 36.8 Å². The molecule has 0 aliphatic heterocycles. The summed E-state index contributed by atoms with van der Waals surface area (Å²) < 4.78 is 1.16. The Hall–Kier alpha value is -2.40. The van der Waals surface area contributed by atoms with Crippen LogP contribution < -0.4 is 10.3 Å². The smallest absolute Gasteiger partial charge is 0.204 e. The molecule has 22 heavy (non-hydrogen) atoms. The Morgan fingerprint density at radius 1 is 1.09 bits per heavy atom. The first kappa shape index (κ1) is 14.5. The lowest BCUT2D eigenvalue weighted by atomic mass is 10.1. The van der Waals surface area contributed by atoms with Crippen molar-refractivity contribution in [3.63, 3.8) is 0 Å². The van der Waals surface area contributed by atoms with E-state index in [9.17, 15) is 0 Å². The highest BCUT2D eigenvalue weighted by atomic mass is 32.1. The molecule has 112 valence electrons. The number of nitrogens with one attached hydrogen (secondary N) is 1. The third-order valence-corrected chi connectivity index (χ3v) is 4.36. The molecule has 0 unspecified atom stereocenters. The van der Waals surface area contributed by atoms with Crippen molar-refractivity contribution in [2.24, 2.45) is 5.10 Å². The number of fused-ring (bicyclic) bond motifs is 1. The zero-order valence-electron chi connectivity index (χ0n) is 12.9. The number of thiazole rings is 1. The molecule has 0 saturated heterocycles. The molecular weight excluding hydrogens is 292 g/mol. The quantitative estimate of drug-likeness (QED) is 0.580. The van der Waals surface area contributed by atoms with Crippen molar-refractivity contribution in [2.45, 2.75) is 6.92 Å². The molecule has 4 nitrogen and oxygen atoms in total. The number of nitrogens with zero attached hydrogens (tertiary/aromatic N) is 3. The van der Waals surface area contributed by atoms with E-state index in [1.165, 1.54) is 5.69 Å². The summed E-state index contributed by atoms with van der Waals surface area (Å²) in [6, 6.07) is 16.4. The molecule has 3 aromatic rings. The molecule has 0 spiro atoms. The van der Waals surface area contributed by atoms with Gasteiger partial charge in [0.25, 0.3) is 0 Å².